The average molecular weight is 727 g/mol. The van der Waals surface area contributed by atoms with E-state index in [9.17, 15) is 0 Å². The predicted molar refractivity (Wildman–Crippen MR) is 234 cm³/mol. The summed E-state index contributed by atoms with van der Waals surface area (Å²) in [6.45, 7) is 0. The molecule has 0 aliphatic heterocycles. The fourth-order valence-electron chi connectivity index (χ4n) is 9.37. The molecule has 5 aromatic heterocycles. The molecule has 0 aliphatic rings. The van der Waals surface area contributed by atoms with Crippen LogP contribution >= 0.6 is 0 Å². The van der Waals surface area contributed by atoms with Crippen molar-refractivity contribution in [1.82, 2.24) is 28.5 Å². The molecule has 6 heteroatoms. The molecule has 8 aromatic carbocycles. The summed E-state index contributed by atoms with van der Waals surface area (Å²) in [7, 11) is 0. The van der Waals surface area contributed by atoms with Gasteiger partial charge in [-0.2, -0.15) is 0 Å². The van der Waals surface area contributed by atoms with Crippen molar-refractivity contribution in [2.24, 2.45) is 0 Å². The first-order valence-electron chi connectivity index (χ1n) is 19.3. The van der Waals surface area contributed by atoms with Gasteiger partial charge in [0.05, 0.1) is 38.6 Å². The van der Waals surface area contributed by atoms with Gasteiger partial charge in [0.1, 0.15) is 5.69 Å². The molecule has 13 rings (SSSR count). The standard InChI is InChI=1S/C51H30N6/c1-2-13-31(14-3-1)32-15-10-16-33(29-32)48-51-53-50(54-57(51)43-25-9-6-22-40(43)52-48)34-17-11-18-35(30-34)55-44-26-12-21-38-36-19-4-7-23-41(36)56-42-24-8-5-20-37(42)39-27-28-45(55)47(46(38)44)49(39)56/h1-30H. The van der Waals surface area contributed by atoms with E-state index >= 15 is 0 Å². The molecule has 0 bridgehead atoms. The van der Waals surface area contributed by atoms with Crippen molar-refractivity contribution < 1.29 is 0 Å². The summed E-state index contributed by atoms with van der Waals surface area (Å²) >= 11 is 0. The first-order valence-corrected chi connectivity index (χ1v) is 19.3. The Morgan fingerprint density at radius 1 is 0.386 bits per heavy atom. The molecule has 0 radical (unpaired) electrons. The van der Waals surface area contributed by atoms with Gasteiger partial charge in [-0.3, -0.25) is 0 Å². The lowest BCUT2D eigenvalue weighted by molar-refractivity contribution is 1.00. The summed E-state index contributed by atoms with van der Waals surface area (Å²) in [5, 5.41) is 12.7. The number of rotatable bonds is 4. The zero-order valence-corrected chi connectivity index (χ0v) is 30.5. The number of nitrogens with zero attached hydrogens (tertiary/aromatic N) is 6. The van der Waals surface area contributed by atoms with Crippen LogP contribution < -0.4 is 0 Å². The monoisotopic (exact) mass is 726 g/mol. The van der Waals surface area contributed by atoms with Crippen molar-refractivity contribution >= 4 is 76.6 Å². The second kappa shape index (κ2) is 11.4. The molecule has 13 aromatic rings. The van der Waals surface area contributed by atoms with Gasteiger partial charge in [0, 0.05) is 43.7 Å². The molecule has 0 amide bonds. The number of para-hydroxylation sites is 4. The number of benzene rings is 8. The van der Waals surface area contributed by atoms with Crippen molar-refractivity contribution in [2.75, 3.05) is 0 Å². The molecule has 57 heavy (non-hydrogen) atoms. The van der Waals surface area contributed by atoms with Crippen molar-refractivity contribution in [3.05, 3.63) is 182 Å². The lowest BCUT2D eigenvalue weighted by Gasteiger charge is -2.10. The van der Waals surface area contributed by atoms with Crippen LogP contribution in [-0.4, -0.2) is 28.5 Å². The molecular formula is C51H30N6. The molecule has 0 spiro atoms. The van der Waals surface area contributed by atoms with Crippen LogP contribution in [0.2, 0.25) is 0 Å². The van der Waals surface area contributed by atoms with E-state index in [2.05, 4.69) is 167 Å². The SMILES string of the molecule is c1ccc(-c2cccc(-c3nc4ccccc4n4nc(-c5cccc(-n6c7cccc8c9ccccc9n9c%10ccccc%10c%10ccc6c(c87)c%109)c5)nc34)c2)cc1. The van der Waals surface area contributed by atoms with Crippen molar-refractivity contribution in [3.8, 4) is 39.5 Å². The van der Waals surface area contributed by atoms with Gasteiger partial charge in [0.15, 0.2) is 11.5 Å². The Morgan fingerprint density at radius 2 is 1.02 bits per heavy atom. The Bertz CT molecular complexity index is 3760. The molecule has 0 saturated carbocycles. The van der Waals surface area contributed by atoms with E-state index in [1.54, 1.807) is 0 Å². The Morgan fingerprint density at radius 3 is 1.88 bits per heavy atom. The van der Waals surface area contributed by atoms with Crippen LogP contribution in [-0.2, 0) is 0 Å². The average Bonchev–Trinajstić information content (AvgIpc) is 3.95. The summed E-state index contributed by atoms with van der Waals surface area (Å²) in [5.74, 6) is 0.648. The zero-order valence-electron chi connectivity index (χ0n) is 30.5. The predicted octanol–water partition coefficient (Wildman–Crippen LogP) is 12.5. The van der Waals surface area contributed by atoms with Gasteiger partial charge < -0.3 is 8.97 Å². The second-order valence-electron chi connectivity index (χ2n) is 14.9. The number of fused-ring (bicyclic) bond motifs is 9. The Balaban J connectivity index is 1.06. The van der Waals surface area contributed by atoms with E-state index in [4.69, 9.17) is 15.1 Å². The number of aromatic nitrogens is 6. The highest BCUT2D eigenvalue weighted by atomic mass is 15.3. The van der Waals surface area contributed by atoms with E-state index in [-0.39, 0.29) is 0 Å². The van der Waals surface area contributed by atoms with E-state index in [0.717, 1.165) is 55.8 Å². The maximum atomic E-state index is 5.26. The Kier molecular flexibility index (Phi) is 6.07. The Labute approximate surface area is 325 Å². The molecule has 5 heterocycles. The molecule has 0 atom stereocenters. The maximum Gasteiger partial charge on any atom is 0.182 e. The first kappa shape index (κ1) is 30.5. The van der Waals surface area contributed by atoms with E-state index in [0.29, 0.717) is 5.82 Å². The van der Waals surface area contributed by atoms with Crippen LogP contribution in [0.15, 0.2) is 182 Å². The molecule has 0 saturated heterocycles. The van der Waals surface area contributed by atoms with Crippen LogP contribution in [0.25, 0.3) is 116 Å². The third-order valence-corrected chi connectivity index (χ3v) is 11.8. The summed E-state index contributed by atoms with van der Waals surface area (Å²) in [6.07, 6.45) is 0. The van der Waals surface area contributed by atoms with Gasteiger partial charge in [-0.1, -0.05) is 127 Å². The highest BCUT2D eigenvalue weighted by Crippen LogP contribution is 2.45. The minimum Gasteiger partial charge on any atom is -0.309 e. The quantitative estimate of drug-likeness (QED) is 0.181. The van der Waals surface area contributed by atoms with Gasteiger partial charge in [-0.05, 0) is 71.1 Å². The molecule has 0 aliphatic carbocycles. The van der Waals surface area contributed by atoms with Gasteiger partial charge >= 0.3 is 0 Å². The number of hydrogen-bond acceptors (Lipinski definition) is 3. The van der Waals surface area contributed by atoms with Crippen LogP contribution in [0, 0.1) is 0 Å². The first-order chi connectivity index (χ1) is 28.3. The Hall–Kier alpha value is -7.83. The van der Waals surface area contributed by atoms with Gasteiger partial charge in [-0.25, -0.2) is 14.5 Å². The van der Waals surface area contributed by atoms with Gasteiger partial charge in [0.2, 0.25) is 0 Å². The smallest absolute Gasteiger partial charge is 0.182 e. The van der Waals surface area contributed by atoms with Crippen LogP contribution in [0.1, 0.15) is 0 Å². The second-order valence-corrected chi connectivity index (χ2v) is 14.9. The summed E-state index contributed by atoms with van der Waals surface area (Å²) in [5.41, 5.74) is 14.6. The zero-order chi connectivity index (χ0) is 37.2. The lowest BCUT2D eigenvalue weighted by Crippen LogP contribution is -1.97. The van der Waals surface area contributed by atoms with Crippen LogP contribution in [0.3, 0.4) is 0 Å². The minimum absolute atomic E-state index is 0.648. The molecule has 0 unspecified atom stereocenters. The third kappa shape index (κ3) is 4.21. The number of hydrogen-bond donors (Lipinski definition) is 0. The topological polar surface area (TPSA) is 52.4 Å². The summed E-state index contributed by atoms with van der Waals surface area (Å²) in [6, 6.07) is 64.8. The van der Waals surface area contributed by atoms with Crippen molar-refractivity contribution in [3.63, 3.8) is 0 Å². The third-order valence-electron chi connectivity index (χ3n) is 11.8. The van der Waals surface area contributed by atoms with Crippen LogP contribution in [0.4, 0.5) is 0 Å². The van der Waals surface area contributed by atoms with E-state index < -0.39 is 0 Å². The molecular weight excluding hydrogens is 697 g/mol. The van der Waals surface area contributed by atoms with Crippen molar-refractivity contribution in [1.29, 1.82) is 0 Å². The fraction of sp³-hybridized carbons (Fsp3) is 0. The molecule has 264 valence electrons. The highest BCUT2D eigenvalue weighted by molar-refractivity contribution is 6.33. The fourth-order valence-corrected chi connectivity index (χ4v) is 9.37. The molecule has 0 N–H and O–H groups in total. The van der Waals surface area contributed by atoms with E-state index in [1.165, 1.54) is 54.4 Å². The normalized spacial score (nSPS) is 12.2. The molecule has 0 fully saturated rings. The van der Waals surface area contributed by atoms with Crippen molar-refractivity contribution in [2.45, 2.75) is 0 Å². The lowest BCUT2D eigenvalue weighted by atomic mass is 10.0. The van der Waals surface area contributed by atoms with E-state index in [1.807, 2.05) is 28.8 Å². The van der Waals surface area contributed by atoms with Gasteiger partial charge in [0.25, 0.3) is 0 Å². The maximum absolute atomic E-state index is 5.26. The van der Waals surface area contributed by atoms with Crippen LogP contribution in [0.5, 0.6) is 0 Å². The molecule has 6 nitrogen and oxygen atoms in total. The summed E-state index contributed by atoms with van der Waals surface area (Å²) in [4.78, 5) is 10.5. The largest absolute Gasteiger partial charge is 0.309 e. The summed E-state index contributed by atoms with van der Waals surface area (Å²) < 4.78 is 6.86. The highest BCUT2D eigenvalue weighted by Gasteiger charge is 2.23. The minimum atomic E-state index is 0.648. The van der Waals surface area contributed by atoms with Gasteiger partial charge in [-0.15, -0.1) is 5.10 Å².